The molecule has 5 nitrogen and oxygen atoms in total. The Morgan fingerprint density at radius 2 is 1.79 bits per heavy atom. The van der Waals surface area contributed by atoms with Gasteiger partial charge in [0.05, 0.1) is 10.5 Å². The molecule has 0 bridgehead atoms. The van der Waals surface area contributed by atoms with E-state index in [1.165, 1.54) is 16.4 Å². The van der Waals surface area contributed by atoms with Crippen LogP contribution in [-0.2, 0) is 16.4 Å². The lowest BCUT2D eigenvalue weighted by Gasteiger charge is -2.19. The molecule has 0 aliphatic carbocycles. The Labute approximate surface area is 113 Å². The third kappa shape index (κ3) is 3.13. The minimum atomic E-state index is -3.61. The van der Waals surface area contributed by atoms with Crippen molar-refractivity contribution >= 4 is 16.0 Å². The van der Waals surface area contributed by atoms with Crippen LogP contribution in [0.5, 0.6) is 0 Å². The smallest absolute Gasteiger partial charge is 0.336 e. The Bertz CT molecular complexity index is 562. The van der Waals surface area contributed by atoms with Crippen molar-refractivity contribution in [2.75, 3.05) is 13.1 Å². The predicted octanol–water partition coefficient (Wildman–Crippen LogP) is 1.98. The lowest BCUT2D eigenvalue weighted by atomic mass is 10.1. The average Bonchev–Trinajstić information content (AvgIpc) is 2.38. The predicted molar refractivity (Wildman–Crippen MR) is 72.9 cm³/mol. The van der Waals surface area contributed by atoms with Crippen LogP contribution >= 0.6 is 0 Å². The van der Waals surface area contributed by atoms with Crippen LogP contribution in [0, 0.1) is 0 Å². The zero-order valence-corrected chi connectivity index (χ0v) is 12.2. The maximum Gasteiger partial charge on any atom is 0.336 e. The van der Waals surface area contributed by atoms with Crippen molar-refractivity contribution in [1.82, 2.24) is 4.31 Å². The van der Waals surface area contributed by atoms with E-state index in [2.05, 4.69) is 0 Å². The van der Waals surface area contributed by atoms with Crippen LogP contribution in [-0.4, -0.2) is 36.9 Å². The van der Waals surface area contributed by atoms with Crippen LogP contribution in [0.1, 0.15) is 36.7 Å². The number of carboxylic acids is 1. The fraction of sp³-hybridized carbons (Fsp3) is 0.462. The molecule has 0 atom stereocenters. The summed E-state index contributed by atoms with van der Waals surface area (Å²) in [5.74, 6) is -1.10. The highest BCUT2D eigenvalue weighted by molar-refractivity contribution is 7.89. The van der Waals surface area contributed by atoms with Crippen LogP contribution in [0.2, 0.25) is 0 Å². The first-order valence-electron chi connectivity index (χ1n) is 6.24. The van der Waals surface area contributed by atoms with Crippen molar-refractivity contribution in [2.45, 2.75) is 32.1 Å². The second-order valence-electron chi connectivity index (χ2n) is 4.07. The second-order valence-corrected chi connectivity index (χ2v) is 6.00. The fourth-order valence-corrected chi connectivity index (χ4v) is 3.42. The first-order chi connectivity index (χ1) is 8.88. The summed E-state index contributed by atoms with van der Waals surface area (Å²) >= 11 is 0. The third-order valence-corrected chi connectivity index (χ3v) is 5.08. The normalized spacial score (nSPS) is 11.8. The summed E-state index contributed by atoms with van der Waals surface area (Å²) in [6.45, 7) is 6.05. The monoisotopic (exact) mass is 285 g/mol. The van der Waals surface area contributed by atoms with Crippen molar-refractivity contribution in [3.05, 3.63) is 29.3 Å². The fourth-order valence-electron chi connectivity index (χ4n) is 1.94. The average molecular weight is 285 g/mol. The lowest BCUT2D eigenvalue weighted by Crippen LogP contribution is -2.30. The van der Waals surface area contributed by atoms with Gasteiger partial charge in [0.15, 0.2) is 0 Å². The number of benzene rings is 1. The molecule has 0 unspecified atom stereocenters. The van der Waals surface area contributed by atoms with E-state index < -0.39 is 16.0 Å². The molecule has 0 saturated heterocycles. The summed E-state index contributed by atoms with van der Waals surface area (Å²) in [4.78, 5) is 11.2. The maximum atomic E-state index is 12.3. The van der Waals surface area contributed by atoms with Gasteiger partial charge in [-0.15, -0.1) is 0 Å². The van der Waals surface area contributed by atoms with Crippen molar-refractivity contribution in [3.63, 3.8) is 0 Å². The van der Waals surface area contributed by atoms with Gasteiger partial charge in [-0.3, -0.25) is 0 Å². The summed E-state index contributed by atoms with van der Waals surface area (Å²) in [6.07, 6.45) is 0.549. The van der Waals surface area contributed by atoms with Crippen LogP contribution in [0.25, 0.3) is 0 Å². The van der Waals surface area contributed by atoms with E-state index in [0.29, 0.717) is 25.1 Å². The van der Waals surface area contributed by atoms with Gasteiger partial charge in [0.2, 0.25) is 10.0 Å². The second kappa shape index (κ2) is 6.16. The summed E-state index contributed by atoms with van der Waals surface area (Å²) in [6, 6.07) is 4.29. The van der Waals surface area contributed by atoms with Gasteiger partial charge < -0.3 is 5.11 Å². The molecule has 1 N–H and O–H groups in total. The Morgan fingerprint density at radius 3 is 2.21 bits per heavy atom. The molecule has 0 aliphatic rings. The number of aryl methyl sites for hydroxylation is 1. The standard InChI is InChI=1S/C13H19NO4S/c1-4-10-7-8-11(9-12(10)13(15)16)19(17,18)14(5-2)6-3/h7-9H,4-6H2,1-3H3,(H,15,16). The van der Waals surface area contributed by atoms with E-state index >= 15 is 0 Å². The highest BCUT2D eigenvalue weighted by Gasteiger charge is 2.23. The van der Waals surface area contributed by atoms with Crippen molar-refractivity contribution < 1.29 is 18.3 Å². The molecule has 1 aromatic carbocycles. The highest BCUT2D eigenvalue weighted by Crippen LogP contribution is 2.20. The Kier molecular flexibility index (Phi) is 5.08. The minimum Gasteiger partial charge on any atom is -0.478 e. The van der Waals surface area contributed by atoms with E-state index in [1.54, 1.807) is 19.9 Å². The zero-order valence-electron chi connectivity index (χ0n) is 11.4. The summed E-state index contributed by atoms with van der Waals surface area (Å²) < 4.78 is 25.9. The van der Waals surface area contributed by atoms with E-state index in [9.17, 15) is 13.2 Å². The molecule has 0 aliphatic heterocycles. The molecule has 1 aromatic rings. The summed E-state index contributed by atoms with van der Waals surface area (Å²) in [5.41, 5.74) is 0.682. The number of nitrogens with zero attached hydrogens (tertiary/aromatic N) is 1. The van der Waals surface area contributed by atoms with Crippen LogP contribution in [0.3, 0.4) is 0 Å². The van der Waals surface area contributed by atoms with Crippen LogP contribution in [0.15, 0.2) is 23.1 Å². The number of aromatic carboxylic acids is 1. The molecule has 0 aromatic heterocycles. The largest absolute Gasteiger partial charge is 0.478 e. The summed E-state index contributed by atoms with van der Waals surface area (Å²) in [7, 11) is -3.61. The number of carboxylic acid groups (broad SMARTS) is 1. The first-order valence-corrected chi connectivity index (χ1v) is 7.68. The van der Waals surface area contributed by atoms with Crippen molar-refractivity contribution in [3.8, 4) is 0 Å². The molecule has 0 spiro atoms. The zero-order chi connectivity index (χ0) is 14.6. The van der Waals surface area contributed by atoms with Gasteiger partial charge in [-0.2, -0.15) is 4.31 Å². The van der Waals surface area contributed by atoms with Gasteiger partial charge in [-0.25, -0.2) is 13.2 Å². The third-order valence-electron chi connectivity index (χ3n) is 3.04. The number of rotatable bonds is 6. The number of carbonyl (C=O) groups is 1. The molecule has 0 amide bonds. The molecule has 6 heteroatoms. The molecule has 0 heterocycles. The number of hydrogen-bond acceptors (Lipinski definition) is 3. The maximum absolute atomic E-state index is 12.3. The Balaban J connectivity index is 3.37. The van der Waals surface area contributed by atoms with Gasteiger partial charge in [0.25, 0.3) is 0 Å². The SMILES string of the molecule is CCc1ccc(S(=O)(=O)N(CC)CC)cc1C(=O)O. The van der Waals surface area contributed by atoms with Crippen LogP contribution in [0.4, 0.5) is 0 Å². The van der Waals surface area contributed by atoms with Crippen molar-refractivity contribution in [1.29, 1.82) is 0 Å². The molecule has 0 radical (unpaired) electrons. The number of sulfonamides is 1. The Hall–Kier alpha value is -1.40. The topological polar surface area (TPSA) is 74.7 Å². The molecule has 1 rings (SSSR count). The van der Waals surface area contributed by atoms with Gasteiger partial charge >= 0.3 is 5.97 Å². The van der Waals surface area contributed by atoms with E-state index in [-0.39, 0.29) is 10.5 Å². The van der Waals surface area contributed by atoms with E-state index in [4.69, 9.17) is 5.11 Å². The molecular formula is C13H19NO4S. The molecule has 0 fully saturated rings. The molecule has 106 valence electrons. The quantitative estimate of drug-likeness (QED) is 0.867. The molecular weight excluding hydrogens is 266 g/mol. The highest BCUT2D eigenvalue weighted by atomic mass is 32.2. The van der Waals surface area contributed by atoms with Gasteiger partial charge in [-0.1, -0.05) is 26.8 Å². The van der Waals surface area contributed by atoms with Crippen molar-refractivity contribution in [2.24, 2.45) is 0 Å². The Morgan fingerprint density at radius 1 is 1.21 bits per heavy atom. The van der Waals surface area contributed by atoms with Gasteiger partial charge in [-0.05, 0) is 24.1 Å². The first kappa shape index (κ1) is 15.7. The van der Waals surface area contributed by atoms with E-state index in [1.807, 2.05) is 6.92 Å². The summed E-state index contributed by atoms with van der Waals surface area (Å²) in [5, 5.41) is 9.13. The van der Waals surface area contributed by atoms with Crippen LogP contribution < -0.4 is 0 Å². The van der Waals surface area contributed by atoms with Gasteiger partial charge in [0, 0.05) is 13.1 Å². The van der Waals surface area contributed by atoms with E-state index in [0.717, 1.165) is 0 Å². The number of hydrogen-bond donors (Lipinski definition) is 1. The molecule has 19 heavy (non-hydrogen) atoms. The molecule has 0 saturated carbocycles. The lowest BCUT2D eigenvalue weighted by molar-refractivity contribution is 0.0695. The van der Waals surface area contributed by atoms with Gasteiger partial charge in [0.1, 0.15) is 0 Å². The minimum absolute atomic E-state index is 0.0331.